The van der Waals surface area contributed by atoms with Crippen molar-refractivity contribution in [3.05, 3.63) is 30.3 Å². The summed E-state index contributed by atoms with van der Waals surface area (Å²) in [6, 6.07) is 9.07. The molecular weight excluding hydrogens is 320 g/mol. The molecule has 1 saturated carbocycles. The van der Waals surface area contributed by atoms with Crippen LogP contribution in [0.5, 0.6) is 0 Å². The molecule has 1 aliphatic heterocycles. The van der Waals surface area contributed by atoms with E-state index in [0.717, 1.165) is 5.69 Å². The van der Waals surface area contributed by atoms with E-state index in [4.69, 9.17) is 5.11 Å². The van der Waals surface area contributed by atoms with Gasteiger partial charge in [0.1, 0.15) is 6.04 Å². The molecule has 0 spiro atoms. The highest BCUT2D eigenvalue weighted by Gasteiger charge is 2.39. The van der Waals surface area contributed by atoms with Crippen molar-refractivity contribution < 1.29 is 19.5 Å². The Morgan fingerprint density at radius 2 is 1.64 bits per heavy atom. The lowest BCUT2D eigenvalue weighted by atomic mass is 9.81. The second-order valence-electron chi connectivity index (χ2n) is 6.97. The average Bonchev–Trinajstić information content (AvgIpc) is 3.02. The number of rotatable bonds is 4. The summed E-state index contributed by atoms with van der Waals surface area (Å²) in [7, 11) is 1.70. The quantitative estimate of drug-likeness (QED) is 0.908. The number of hydrogen-bond acceptors (Lipinski definition) is 3. The number of carbonyl (C=O) groups excluding carboxylic acids is 2. The Kier molecular flexibility index (Phi) is 5.06. The first-order chi connectivity index (χ1) is 12.0. The Hall–Kier alpha value is -2.37. The molecule has 3 rings (SSSR count). The van der Waals surface area contributed by atoms with Gasteiger partial charge in [-0.15, -0.1) is 0 Å². The lowest BCUT2D eigenvalue weighted by molar-refractivity contribution is -0.146. The van der Waals surface area contributed by atoms with E-state index in [9.17, 15) is 14.4 Å². The summed E-state index contributed by atoms with van der Waals surface area (Å²) in [4.78, 5) is 39.8. The number of anilines is 1. The fourth-order valence-corrected chi connectivity index (χ4v) is 3.92. The van der Waals surface area contributed by atoms with Crippen molar-refractivity contribution in [3.8, 4) is 0 Å². The predicted molar refractivity (Wildman–Crippen MR) is 93.1 cm³/mol. The van der Waals surface area contributed by atoms with E-state index in [1.54, 1.807) is 16.8 Å². The molecule has 1 saturated heterocycles. The molecule has 6 nitrogen and oxygen atoms in total. The van der Waals surface area contributed by atoms with Gasteiger partial charge in [0.25, 0.3) is 0 Å². The molecule has 2 amide bonds. The van der Waals surface area contributed by atoms with Crippen LogP contribution in [0.25, 0.3) is 0 Å². The molecule has 2 aliphatic rings. The van der Waals surface area contributed by atoms with Crippen LogP contribution < -0.4 is 4.90 Å². The van der Waals surface area contributed by atoms with Crippen LogP contribution in [0, 0.1) is 11.8 Å². The van der Waals surface area contributed by atoms with Crippen molar-refractivity contribution in [2.75, 3.05) is 18.5 Å². The zero-order valence-corrected chi connectivity index (χ0v) is 14.4. The number of likely N-dealkylation sites (N-methyl/N-ethyl adjacent to an activating group) is 1. The number of carboxylic acids is 1. The summed E-state index contributed by atoms with van der Waals surface area (Å²) in [5, 5.41) is 9.07. The molecule has 1 aliphatic carbocycles. The lowest BCUT2D eigenvalue weighted by Crippen LogP contribution is -2.46. The standard InChI is InChI=1S/C19H24N2O4/c1-20(17(22)13-7-9-14(10-8-13)19(24)25)16-11-12-21(18(16)23)15-5-3-2-4-6-15/h2-6,13-14,16H,7-12H2,1H3,(H,24,25). The molecule has 2 fully saturated rings. The molecule has 1 unspecified atom stereocenters. The molecule has 134 valence electrons. The average molecular weight is 344 g/mol. The van der Waals surface area contributed by atoms with E-state index >= 15 is 0 Å². The van der Waals surface area contributed by atoms with Crippen molar-refractivity contribution >= 4 is 23.5 Å². The Balaban J connectivity index is 1.62. The summed E-state index contributed by atoms with van der Waals surface area (Å²) in [6.07, 6.45) is 2.87. The van der Waals surface area contributed by atoms with Crippen molar-refractivity contribution in [1.82, 2.24) is 4.90 Å². The molecule has 1 heterocycles. The Morgan fingerprint density at radius 1 is 1.04 bits per heavy atom. The highest BCUT2D eigenvalue weighted by Crippen LogP contribution is 2.31. The summed E-state index contributed by atoms with van der Waals surface area (Å²) in [5.74, 6) is -1.35. The van der Waals surface area contributed by atoms with Crippen molar-refractivity contribution in [2.24, 2.45) is 11.8 Å². The van der Waals surface area contributed by atoms with Gasteiger partial charge in [-0.2, -0.15) is 0 Å². The first-order valence-electron chi connectivity index (χ1n) is 8.85. The number of benzene rings is 1. The van der Waals surface area contributed by atoms with Gasteiger partial charge in [0.2, 0.25) is 11.8 Å². The molecule has 6 heteroatoms. The second-order valence-corrected chi connectivity index (χ2v) is 6.97. The fraction of sp³-hybridized carbons (Fsp3) is 0.526. The zero-order valence-electron chi connectivity index (χ0n) is 14.4. The highest BCUT2D eigenvalue weighted by molar-refractivity contribution is 6.01. The largest absolute Gasteiger partial charge is 0.481 e. The minimum absolute atomic E-state index is 0.0305. The van der Waals surface area contributed by atoms with Crippen molar-refractivity contribution in [3.63, 3.8) is 0 Å². The van der Waals surface area contributed by atoms with Gasteiger partial charge in [-0.05, 0) is 44.2 Å². The maximum absolute atomic E-state index is 12.8. The van der Waals surface area contributed by atoms with Crippen LogP contribution in [-0.4, -0.2) is 47.4 Å². The third kappa shape index (κ3) is 3.52. The number of aliphatic carboxylic acids is 1. The first-order valence-corrected chi connectivity index (χ1v) is 8.85. The summed E-state index contributed by atoms with van der Waals surface area (Å²) in [6.45, 7) is 0.608. The van der Waals surface area contributed by atoms with Gasteiger partial charge in [0.05, 0.1) is 5.92 Å². The number of carboxylic acid groups (broad SMARTS) is 1. The molecule has 0 aromatic heterocycles. The number of hydrogen-bond donors (Lipinski definition) is 1. The summed E-state index contributed by atoms with van der Waals surface area (Å²) in [5.41, 5.74) is 0.859. The molecular formula is C19H24N2O4. The Labute approximate surface area is 147 Å². The van der Waals surface area contributed by atoms with Gasteiger partial charge in [0.15, 0.2) is 0 Å². The van der Waals surface area contributed by atoms with Crippen LogP contribution >= 0.6 is 0 Å². The summed E-state index contributed by atoms with van der Waals surface area (Å²) < 4.78 is 0. The molecule has 1 N–H and O–H groups in total. The van der Waals surface area contributed by atoms with E-state index < -0.39 is 12.0 Å². The van der Waals surface area contributed by atoms with E-state index in [1.165, 1.54) is 0 Å². The zero-order chi connectivity index (χ0) is 18.0. The highest BCUT2D eigenvalue weighted by atomic mass is 16.4. The minimum atomic E-state index is -0.774. The van der Waals surface area contributed by atoms with Gasteiger partial charge < -0.3 is 14.9 Å². The minimum Gasteiger partial charge on any atom is -0.481 e. The van der Waals surface area contributed by atoms with Crippen molar-refractivity contribution in [1.29, 1.82) is 0 Å². The first kappa shape index (κ1) is 17.5. The fourth-order valence-electron chi connectivity index (χ4n) is 3.92. The Bertz CT molecular complexity index is 653. The van der Waals surface area contributed by atoms with E-state index in [2.05, 4.69) is 0 Å². The van der Waals surface area contributed by atoms with Crippen LogP contribution in [0.4, 0.5) is 5.69 Å². The molecule has 1 aromatic carbocycles. The monoisotopic (exact) mass is 344 g/mol. The van der Waals surface area contributed by atoms with Gasteiger partial charge in [-0.25, -0.2) is 0 Å². The van der Waals surface area contributed by atoms with Crippen LogP contribution in [0.1, 0.15) is 32.1 Å². The number of para-hydroxylation sites is 1. The van der Waals surface area contributed by atoms with Gasteiger partial charge in [0, 0.05) is 25.2 Å². The van der Waals surface area contributed by atoms with Crippen LogP contribution in [0.3, 0.4) is 0 Å². The number of amides is 2. The normalized spacial score (nSPS) is 26.5. The molecule has 1 atom stereocenters. The smallest absolute Gasteiger partial charge is 0.306 e. The number of carbonyl (C=O) groups is 3. The predicted octanol–water partition coefficient (Wildman–Crippen LogP) is 2.14. The van der Waals surface area contributed by atoms with E-state index in [-0.39, 0.29) is 23.7 Å². The van der Waals surface area contributed by atoms with Crippen LogP contribution in [0.15, 0.2) is 30.3 Å². The number of nitrogens with zero attached hydrogens (tertiary/aromatic N) is 2. The maximum atomic E-state index is 12.8. The molecule has 25 heavy (non-hydrogen) atoms. The topological polar surface area (TPSA) is 77.9 Å². The van der Waals surface area contributed by atoms with Crippen LogP contribution in [-0.2, 0) is 14.4 Å². The van der Waals surface area contributed by atoms with E-state index in [0.29, 0.717) is 38.6 Å². The second kappa shape index (κ2) is 7.25. The van der Waals surface area contributed by atoms with Gasteiger partial charge in [-0.1, -0.05) is 18.2 Å². The summed E-state index contributed by atoms with van der Waals surface area (Å²) >= 11 is 0. The molecule has 0 bridgehead atoms. The van der Waals surface area contributed by atoms with Crippen molar-refractivity contribution in [2.45, 2.75) is 38.1 Å². The maximum Gasteiger partial charge on any atom is 0.306 e. The Morgan fingerprint density at radius 3 is 2.24 bits per heavy atom. The lowest BCUT2D eigenvalue weighted by Gasteiger charge is -2.31. The molecule has 1 aromatic rings. The van der Waals surface area contributed by atoms with E-state index in [1.807, 2.05) is 30.3 Å². The SMILES string of the molecule is CN(C(=O)C1CCC(C(=O)O)CC1)C1CCN(c2ccccc2)C1=O. The van der Waals surface area contributed by atoms with Gasteiger partial charge >= 0.3 is 5.97 Å². The molecule has 0 radical (unpaired) electrons. The third-order valence-electron chi connectivity index (χ3n) is 5.49. The van der Waals surface area contributed by atoms with Crippen LogP contribution in [0.2, 0.25) is 0 Å². The third-order valence-corrected chi connectivity index (χ3v) is 5.49. The van der Waals surface area contributed by atoms with Gasteiger partial charge in [-0.3, -0.25) is 14.4 Å².